The van der Waals surface area contributed by atoms with Crippen molar-refractivity contribution in [2.24, 2.45) is 0 Å². The molecule has 0 aliphatic carbocycles. The average molecular weight is 480 g/mol. The summed E-state index contributed by atoms with van der Waals surface area (Å²) in [5.74, 6) is -0.269. The van der Waals surface area contributed by atoms with E-state index in [0.717, 1.165) is 11.1 Å². The van der Waals surface area contributed by atoms with Gasteiger partial charge in [0, 0.05) is 6.54 Å². The summed E-state index contributed by atoms with van der Waals surface area (Å²) >= 11 is 0. The first-order chi connectivity index (χ1) is 16.3. The van der Waals surface area contributed by atoms with E-state index in [9.17, 15) is 18.3 Å². The maximum Gasteiger partial charge on any atom is 0.290 e. The number of aliphatic hydroxyl groups excluding tert-OH is 1. The molecule has 4 rings (SSSR count). The molecule has 0 spiro atoms. The van der Waals surface area contributed by atoms with Crippen LogP contribution in [0.3, 0.4) is 0 Å². The minimum atomic E-state index is -4.17. The van der Waals surface area contributed by atoms with Crippen LogP contribution >= 0.6 is 0 Å². The minimum absolute atomic E-state index is 0.0114. The van der Waals surface area contributed by atoms with Crippen molar-refractivity contribution >= 4 is 15.7 Å². The van der Waals surface area contributed by atoms with Crippen molar-refractivity contribution in [1.82, 2.24) is 4.90 Å². The van der Waals surface area contributed by atoms with Crippen LogP contribution in [0.4, 0.5) is 0 Å². The van der Waals surface area contributed by atoms with Crippen molar-refractivity contribution in [1.29, 1.82) is 0 Å². The standard InChI is InChI=1S/C26H25NO6S/c1-17-4-14-22(15-5-17)34(30,31)25-23(19-8-12-21(33-3)13-9-19)27(26(29)24(25)28)16-18-6-10-20(32-2)11-7-18/h4-15,23,28H,16H2,1-3H3/t23-/m1/s1. The minimum Gasteiger partial charge on any atom is -0.502 e. The zero-order valence-electron chi connectivity index (χ0n) is 19.1. The highest BCUT2D eigenvalue weighted by molar-refractivity contribution is 7.95. The van der Waals surface area contributed by atoms with Crippen LogP contribution in [0.25, 0.3) is 0 Å². The molecule has 1 atom stereocenters. The van der Waals surface area contributed by atoms with Gasteiger partial charge in [-0.15, -0.1) is 0 Å². The smallest absolute Gasteiger partial charge is 0.290 e. The van der Waals surface area contributed by atoms with Crippen molar-refractivity contribution in [3.05, 3.63) is 100 Å². The Kier molecular flexibility index (Phi) is 6.34. The van der Waals surface area contributed by atoms with Gasteiger partial charge in [-0.3, -0.25) is 4.79 Å². The second kappa shape index (κ2) is 9.23. The highest BCUT2D eigenvalue weighted by Gasteiger charge is 2.46. The van der Waals surface area contributed by atoms with Crippen molar-refractivity contribution in [2.45, 2.75) is 24.4 Å². The summed E-state index contributed by atoms with van der Waals surface area (Å²) in [6.45, 7) is 1.94. The molecule has 3 aromatic carbocycles. The van der Waals surface area contributed by atoms with Gasteiger partial charge in [-0.05, 0) is 54.4 Å². The molecular formula is C26H25NO6S. The van der Waals surface area contributed by atoms with Gasteiger partial charge < -0.3 is 19.5 Å². The molecule has 0 fully saturated rings. The van der Waals surface area contributed by atoms with Crippen LogP contribution in [-0.2, 0) is 21.2 Å². The number of ether oxygens (including phenoxy) is 2. The lowest BCUT2D eigenvalue weighted by atomic mass is 10.1. The number of aliphatic hydroxyl groups is 1. The summed E-state index contributed by atoms with van der Waals surface area (Å²) in [6, 6.07) is 19.2. The van der Waals surface area contributed by atoms with Crippen LogP contribution in [0, 0.1) is 6.92 Å². The number of nitrogens with zero attached hydrogens (tertiary/aromatic N) is 1. The van der Waals surface area contributed by atoms with Gasteiger partial charge in [0.05, 0.1) is 25.2 Å². The van der Waals surface area contributed by atoms with Gasteiger partial charge in [-0.25, -0.2) is 8.42 Å². The first kappa shape index (κ1) is 23.4. The molecule has 0 radical (unpaired) electrons. The number of carbonyl (C=O) groups is 1. The first-order valence-corrected chi connectivity index (χ1v) is 12.1. The number of carbonyl (C=O) groups excluding carboxylic acids is 1. The molecule has 0 unspecified atom stereocenters. The zero-order valence-corrected chi connectivity index (χ0v) is 19.9. The Morgan fingerprint density at radius 2 is 1.38 bits per heavy atom. The third kappa shape index (κ3) is 4.24. The third-order valence-corrected chi connectivity index (χ3v) is 7.71. The van der Waals surface area contributed by atoms with E-state index in [1.807, 2.05) is 6.92 Å². The number of benzene rings is 3. The maximum atomic E-state index is 13.7. The Labute approximate surface area is 198 Å². The molecule has 1 aliphatic heterocycles. The third-order valence-electron chi connectivity index (χ3n) is 5.82. The number of rotatable bonds is 7. The summed E-state index contributed by atoms with van der Waals surface area (Å²) in [4.78, 5) is 14.2. The largest absolute Gasteiger partial charge is 0.502 e. The predicted molar refractivity (Wildman–Crippen MR) is 127 cm³/mol. The van der Waals surface area contributed by atoms with Gasteiger partial charge in [0.15, 0.2) is 5.76 Å². The van der Waals surface area contributed by atoms with Gasteiger partial charge in [0.1, 0.15) is 16.4 Å². The molecule has 0 aromatic heterocycles. The molecule has 0 saturated carbocycles. The van der Waals surface area contributed by atoms with Gasteiger partial charge in [0.2, 0.25) is 9.84 Å². The van der Waals surface area contributed by atoms with Crippen molar-refractivity contribution < 1.29 is 27.8 Å². The van der Waals surface area contributed by atoms with E-state index in [1.165, 1.54) is 24.1 Å². The number of aryl methyl sites for hydroxylation is 1. The second-order valence-corrected chi connectivity index (χ2v) is 9.90. The fourth-order valence-corrected chi connectivity index (χ4v) is 5.60. The summed E-state index contributed by atoms with van der Waals surface area (Å²) in [7, 11) is -1.08. The van der Waals surface area contributed by atoms with Crippen LogP contribution in [-0.4, -0.2) is 38.6 Å². The lowest BCUT2D eigenvalue weighted by Gasteiger charge is -2.27. The van der Waals surface area contributed by atoms with Crippen LogP contribution in [0.15, 0.2) is 88.4 Å². The highest BCUT2D eigenvalue weighted by Crippen LogP contribution is 2.43. The van der Waals surface area contributed by atoms with Crippen LogP contribution in [0.5, 0.6) is 11.5 Å². The lowest BCUT2D eigenvalue weighted by Crippen LogP contribution is -2.30. The Morgan fingerprint density at radius 3 is 1.91 bits per heavy atom. The van der Waals surface area contributed by atoms with Crippen LogP contribution in [0.1, 0.15) is 22.7 Å². The van der Waals surface area contributed by atoms with E-state index in [1.54, 1.807) is 67.8 Å². The average Bonchev–Trinajstić information content (AvgIpc) is 3.10. The molecule has 7 nitrogen and oxygen atoms in total. The van der Waals surface area contributed by atoms with E-state index in [4.69, 9.17) is 9.47 Å². The number of methoxy groups -OCH3 is 2. The van der Waals surface area contributed by atoms with Gasteiger partial charge >= 0.3 is 0 Å². The zero-order chi connectivity index (χ0) is 24.5. The van der Waals surface area contributed by atoms with Gasteiger partial charge in [0.25, 0.3) is 5.91 Å². The molecule has 1 amide bonds. The normalized spacial score (nSPS) is 16.1. The van der Waals surface area contributed by atoms with E-state index in [2.05, 4.69) is 0 Å². The number of hydrogen-bond acceptors (Lipinski definition) is 6. The summed E-state index contributed by atoms with van der Waals surface area (Å²) < 4.78 is 37.7. The van der Waals surface area contributed by atoms with Crippen molar-refractivity contribution in [3.8, 4) is 11.5 Å². The van der Waals surface area contributed by atoms with E-state index < -0.39 is 27.5 Å². The molecule has 0 bridgehead atoms. The fraction of sp³-hybridized carbons (Fsp3) is 0.192. The Morgan fingerprint density at radius 1 is 0.853 bits per heavy atom. The summed E-state index contributed by atoms with van der Waals surface area (Å²) in [5, 5.41) is 10.8. The Bertz CT molecular complexity index is 1330. The molecule has 8 heteroatoms. The SMILES string of the molecule is COc1ccc(CN2C(=O)C(O)=C(S(=O)(=O)c3ccc(C)cc3)[C@H]2c2ccc(OC)cc2)cc1. The first-order valence-electron chi connectivity index (χ1n) is 10.6. The monoisotopic (exact) mass is 479 g/mol. The quantitative estimate of drug-likeness (QED) is 0.542. The molecule has 0 saturated heterocycles. The maximum absolute atomic E-state index is 13.7. The van der Waals surface area contributed by atoms with Crippen molar-refractivity contribution in [2.75, 3.05) is 14.2 Å². The van der Waals surface area contributed by atoms with Crippen LogP contribution in [0.2, 0.25) is 0 Å². The summed E-state index contributed by atoms with van der Waals surface area (Å²) in [6.07, 6.45) is 0. The van der Waals surface area contributed by atoms with E-state index in [0.29, 0.717) is 17.1 Å². The number of amides is 1. The lowest BCUT2D eigenvalue weighted by molar-refractivity contribution is -0.130. The fourth-order valence-electron chi connectivity index (χ4n) is 3.96. The molecule has 1 aliphatic rings. The number of sulfone groups is 1. The highest BCUT2D eigenvalue weighted by atomic mass is 32.2. The molecule has 34 heavy (non-hydrogen) atoms. The predicted octanol–water partition coefficient (Wildman–Crippen LogP) is 4.34. The topological polar surface area (TPSA) is 93.1 Å². The second-order valence-electron chi connectivity index (χ2n) is 7.99. The van der Waals surface area contributed by atoms with Crippen LogP contribution < -0.4 is 9.47 Å². The van der Waals surface area contributed by atoms with Gasteiger partial charge in [-0.2, -0.15) is 0 Å². The molecule has 1 N–H and O–H groups in total. The summed E-state index contributed by atoms with van der Waals surface area (Å²) in [5.41, 5.74) is 2.19. The molecule has 1 heterocycles. The van der Waals surface area contributed by atoms with Gasteiger partial charge in [-0.1, -0.05) is 42.0 Å². The number of hydrogen-bond donors (Lipinski definition) is 1. The molecule has 3 aromatic rings. The van der Waals surface area contributed by atoms with E-state index in [-0.39, 0.29) is 16.3 Å². The Balaban J connectivity index is 1.82. The molecular weight excluding hydrogens is 454 g/mol. The van der Waals surface area contributed by atoms with Crippen molar-refractivity contribution in [3.63, 3.8) is 0 Å². The van der Waals surface area contributed by atoms with E-state index >= 15 is 0 Å². The molecule has 176 valence electrons. The Hall–Kier alpha value is -3.78.